The predicted molar refractivity (Wildman–Crippen MR) is 112 cm³/mol. The van der Waals surface area contributed by atoms with Crippen molar-refractivity contribution in [1.29, 1.82) is 5.26 Å². The van der Waals surface area contributed by atoms with E-state index in [0.29, 0.717) is 18.7 Å². The van der Waals surface area contributed by atoms with Gasteiger partial charge < -0.3 is 10.1 Å². The first-order valence-electron chi connectivity index (χ1n) is 10.0. The number of carbonyl (C=O) groups is 1. The Morgan fingerprint density at radius 3 is 2.55 bits per heavy atom. The van der Waals surface area contributed by atoms with Crippen LogP contribution in [0.1, 0.15) is 23.1 Å². The number of nitrogens with one attached hydrogen (secondary N) is 1. The van der Waals surface area contributed by atoms with Gasteiger partial charge in [-0.2, -0.15) is 5.26 Å². The van der Waals surface area contributed by atoms with E-state index in [1.54, 1.807) is 7.11 Å². The van der Waals surface area contributed by atoms with Crippen molar-refractivity contribution >= 4 is 5.91 Å². The topological polar surface area (TPSA) is 68.6 Å². The molecule has 1 heterocycles. The van der Waals surface area contributed by atoms with Gasteiger partial charge in [0.05, 0.1) is 25.3 Å². The van der Waals surface area contributed by atoms with Crippen molar-refractivity contribution < 1.29 is 9.53 Å². The third kappa shape index (κ3) is 6.31. The fraction of sp³-hybridized carbons (Fsp3) is 0.391. The highest BCUT2D eigenvalue weighted by Crippen LogP contribution is 2.16. The van der Waals surface area contributed by atoms with Gasteiger partial charge in [0.2, 0.25) is 5.91 Å². The Kier molecular flexibility index (Phi) is 7.62. The van der Waals surface area contributed by atoms with Crippen LogP contribution in [0.4, 0.5) is 0 Å². The molecule has 0 radical (unpaired) electrons. The molecule has 1 aliphatic heterocycles. The zero-order valence-electron chi connectivity index (χ0n) is 16.9. The summed E-state index contributed by atoms with van der Waals surface area (Å²) in [6.07, 6.45) is 1.04. The molecule has 2 aromatic rings. The van der Waals surface area contributed by atoms with Crippen molar-refractivity contribution in [3.8, 4) is 11.8 Å². The minimum atomic E-state index is 0.0384. The average molecular weight is 393 g/mol. The lowest BCUT2D eigenvalue weighted by molar-refractivity contribution is -0.122. The third-order valence-electron chi connectivity index (χ3n) is 5.21. The van der Waals surface area contributed by atoms with Gasteiger partial charge in [-0.3, -0.25) is 14.6 Å². The number of ether oxygens (including phenoxy) is 1. The van der Waals surface area contributed by atoms with Crippen molar-refractivity contribution in [3.05, 3.63) is 65.2 Å². The van der Waals surface area contributed by atoms with E-state index in [4.69, 9.17) is 10.00 Å². The summed E-state index contributed by atoms with van der Waals surface area (Å²) in [6.45, 7) is 5.50. The van der Waals surface area contributed by atoms with E-state index in [-0.39, 0.29) is 5.91 Å². The first-order valence-corrected chi connectivity index (χ1v) is 10.0. The number of methoxy groups -OCH3 is 1. The van der Waals surface area contributed by atoms with Gasteiger partial charge in [-0.15, -0.1) is 0 Å². The number of hydrogen-bond acceptors (Lipinski definition) is 5. The molecule has 1 fully saturated rings. The molecule has 0 unspecified atom stereocenters. The van der Waals surface area contributed by atoms with E-state index in [0.717, 1.165) is 50.5 Å². The molecule has 1 amide bonds. The lowest BCUT2D eigenvalue weighted by Gasteiger charge is -2.21. The van der Waals surface area contributed by atoms with E-state index in [1.165, 1.54) is 5.56 Å². The van der Waals surface area contributed by atoms with Crippen LogP contribution >= 0.6 is 0 Å². The zero-order chi connectivity index (χ0) is 20.5. The highest BCUT2D eigenvalue weighted by atomic mass is 16.5. The summed E-state index contributed by atoms with van der Waals surface area (Å²) < 4.78 is 5.33. The fourth-order valence-corrected chi connectivity index (χ4v) is 3.59. The van der Waals surface area contributed by atoms with Gasteiger partial charge in [-0.05, 0) is 43.3 Å². The maximum atomic E-state index is 12.4. The van der Waals surface area contributed by atoms with Crippen molar-refractivity contribution in [1.82, 2.24) is 15.1 Å². The second kappa shape index (κ2) is 10.6. The molecular formula is C23H28N4O2. The number of carbonyl (C=O) groups excluding carboxylic acids is 1. The smallest absolute Gasteiger partial charge is 0.234 e. The predicted octanol–water partition coefficient (Wildman–Crippen LogP) is 2.39. The third-order valence-corrected chi connectivity index (χ3v) is 5.21. The molecule has 6 heteroatoms. The summed E-state index contributed by atoms with van der Waals surface area (Å²) in [7, 11) is 1.64. The van der Waals surface area contributed by atoms with Gasteiger partial charge in [0.25, 0.3) is 0 Å². The van der Waals surface area contributed by atoms with Gasteiger partial charge in [-0.25, -0.2) is 0 Å². The van der Waals surface area contributed by atoms with Crippen LogP contribution in [0.15, 0.2) is 48.5 Å². The summed E-state index contributed by atoms with van der Waals surface area (Å²) in [5.41, 5.74) is 2.88. The summed E-state index contributed by atoms with van der Waals surface area (Å²) in [5, 5.41) is 11.9. The van der Waals surface area contributed by atoms with Crippen molar-refractivity contribution in [2.75, 3.05) is 39.8 Å². The molecular weight excluding hydrogens is 364 g/mol. The highest BCUT2D eigenvalue weighted by molar-refractivity contribution is 5.78. The van der Waals surface area contributed by atoms with Crippen molar-refractivity contribution in [3.63, 3.8) is 0 Å². The van der Waals surface area contributed by atoms with Gasteiger partial charge in [0.1, 0.15) is 5.75 Å². The summed E-state index contributed by atoms with van der Waals surface area (Å²) in [5.74, 6) is 0.831. The lowest BCUT2D eigenvalue weighted by Crippen LogP contribution is -2.39. The van der Waals surface area contributed by atoms with E-state index < -0.39 is 0 Å². The molecule has 0 aromatic heterocycles. The molecule has 0 atom stereocenters. The Morgan fingerprint density at radius 1 is 1.07 bits per heavy atom. The van der Waals surface area contributed by atoms with Crippen LogP contribution < -0.4 is 10.1 Å². The summed E-state index contributed by atoms with van der Waals surface area (Å²) in [6, 6.07) is 17.7. The molecule has 0 spiro atoms. The van der Waals surface area contributed by atoms with Crippen LogP contribution in [0, 0.1) is 11.3 Å². The molecule has 1 N–H and O–H groups in total. The zero-order valence-corrected chi connectivity index (χ0v) is 16.9. The maximum Gasteiger partial charge on any atom is 0.234 e. The highest BCUT2D eigenvalue weighted by Gasteiger charge is 2.17. The van der Waals surface area contributed by atoms with Crippen LogP contribution in [0.2, 0.25) is 0 Å². The first-order chi connectivity index (χ1) is 14.2. The second-order valence-electron chi connectivity index (χ2n) is 7.30. The Bertz CT molecular complexity index is 845. The molecule has 0 aliphatic carbocycles. The molecule has 29 heavy (non-hydrogen) atoms. The van der Waals surface area contributed by atoms with Crippen LogP contribution in [-0.4, -0.2) is 55.5 Å². The molecule has 1 aliphatic rings. The molecule has 2 aromatic carbocycles. The number of hydrogen-bond donors (Lipinski definition) is 1. The quantitative estimate of drug-likeness (QED) is 0.784. The van der Waals surface area contributed by atoms with Gasteiger partial charge in [0.15, 0.2) is 0 Å². The van der Waals surface area contributed by atoms with Crippen LogP contribution in [0.3, 0.4) is 0 Å². The second-order valence-corrected chi connectivity index (χ2v) is 7.30. The van der Waals surface area contributed by atoms with E-state index in [2.05, 4.69) is 21.2 Å². The number of nitriles is 1. The number of benzene rings is 2. The number of nitrogens with zero attached hydrogens (tertiary/aromatic N) is 3. The molecule has 0 bridgehead atoms. The molecule has 152 valence electrons. The molecule has 1 saturated heterocycles. The minimum Gasteiger partial charge on any atom is -0.496 e. The van der Waals surface area contributed by atoms with E-state index >= 15 is 0 Å². The van der Waals surface area contributed by atoms with Crippen LogP contribution in [-0.2, 0) is 17.9 Å². The Labute approximate surface area is 172 Å². The fourth-order valence-electron chi connectivity index (χ4n) is 3.59. The Morgan fingerprint density at radius 2 is 1.79 bits per heavy atom. The van der Waals surface area contributed by atoms with Crippen LogP contribution in [0.5, 0.6) is 5.75 Å². The summed E-state index contributed by atoms with van der Waals surface area (Å²) >= 11 is 0. The minimum absolute atomic E-state index is 0.0384. The Hall–Kier alpha value is -2.88. The SMILES string of the molecule is COc1ccccc1CNC(=O)CN1CCCN(Cc2ccc(C#N)cc2)CC1. The average Bonchev–Trinajstić information content (AvgIpc) is 2.98. The van der Waals surface area contributed by atoms with Crippen molar-refractivity contribution in [2.45, 2.75) is 19.5 Å². The number of rotatable bonds is 7. The number of amides is 1. The van der Waals surface area contributed by atoms with Gasteiger partial charge in [0, 0.05) is 31.7 Å². The van der Waals surface area contributed by atoms with Gasteiger partial charge in [-0.1, -0.05) is 30.3 Å². The molecule has 0 saturated carbocycles. The van der Waals surface area contributed by atoms with E-state index in [9.17, 15) is 4.79 Å². The molecule has 3 rings (SSSR count). The van der Waals surface area contributed by atoms with Crippen molar-refractivity contribution in [2.24, 2.45) is 0 Å². The summed E-state index contributed by atoms with van der Waals surface area (Å²) in [4.78, 5) is 17.0. The monoisotopic (exact) mass is 392 g/mol. The number of para-hydroxylation sites is 1. The Balaban J connectivity index is 1.44. The van der Waals surface area contributed by atoms with Gasteiger partial charge >= 0.3 is 0 Å². The maximum absolute atomic E-state index is 12.4. The lowest BCUT2D eigenvalue weighted by atomic mass is 10.1. The van der Waals surface area contributed by atoms with Crippen LogP contribution in [0.25, 0.3) is 0 Å². The molecule has 6 nitrogen and oxygen atoms in total. The normalized spacial score (nSPS) is 15.3. The van der Waals surface area contributed by atoms with E-state index in [1.807, 2.05) is 48.5 Å². The standard InChI is InChI=1S/C23H28N4O2/c1-29-22-6-3-2-5-21(22)16-25-23(28)18-27-12-4-11-26(13-14-27)17-20-9-7-19(15-24)8-10-20/h2-3,5-10H,4,11-14,16-18H2,1H3,(H,25,28). The largest absolute Gasteiger partial charge is 0.496 e. The first kappa shape index (κ1) is 20.8.